The summed E-state index contributed by atoms with van der Waals surface area (Å²) in [5.41, 5.74) is 0.501. The van der Waals surface area contributed by atoms with E-state index in [0.717, 1.165) is 25.8 Å². The van der Waals surface area contributed by atoms with Gasteiger partial charge in [-0.1, -0.05) is 31.4 Å². The van der Waals surface area contributed by atoms with Gasteiger partial charge in [0.05, 0.1) is 24.4 Å². The molecule has 34 heavy (non-hydrogen) atoms. The van der Waals surface area contributed by atoms with Crippen molar-refractivity contribution in [3.63, 3.8) is 0 Å². The number of rotatable bonds is 1. The lowest BCUT2D eigenvalue weighted by Crippen LogP contribution is -2.63. The van der Waals surface area contributed by atoms with Crippen molar-refractivity contribution in [2.75, 3.05) is 32.8 Å². The molecule has 3 fully saturated rings. The van der Waals surface area contributed by atoms with Gasteiger partial charge in [-0.3, -0.25) is 14.5 Å². The largest absolute Gasteiger partial charge is 0.493 e. The van der Waals surface area contributed by atoms with Crippen LogP contribution in [0.4, 0.5) is 0 Å². The number of aliphatic hydroxyl groups excluding tert-OH is 1. The van der Waals surface area contributed by atoms with Crippen LogP contribution in [0.5, 0.6) is 5.75 Å². The highest BCUT2D eigenvalue weighted by Gasteiger charge is 2.39. The number of benzene rings is 1. The topological polar surface area (TPSA) is 91.3 Å². The Kier molecular flexibility index (Phi) is 7.37. The van der Waals surface area contributed by atoms with Gasteiger partial charge in [-0.05, 0) is 37.8 Å². The van der Waals surface area contributed by atoms with Crippen molar-refractivity contribution in [2.24, 2.45) is 0 Å². The Hall–Kier alpha value is -2.16. The molecular weight excluding hydrogens is 434 g/mol. The minimum absolute atomic E-state index is 0.0379. The fourth-order valence-electron chi connectivity index (χ4n) is 5.94. The minimum Gasteiger partial charge on any atom is -0.493 e. The van der Waals surface area contributed by atoms with Crippen molar-refractivity contribution >= 4 is 11.8 Å². The maximum atomic E-state index is 13.7. The van der Waals surface area contributed by atoms with Crippen LogP contribution in [0.15, 0.2) is 24.3 Å². The van der Waals surface area contributed by atoms with Gasteiger partial charge in [-0.25, -0.2) is 0 Å². The zero-order valence-electron chi connectivity index (χ0n) is 19.9. The predicted octanol–water partition coefficient (Wildman–Crippen LogP) is 1.95. The van der Waals surface area contributed by atoms with E-state index in [1.807, 2.05) is 18.2 Å². The molecule has 1 aromatic carbocycles. The van der Waals surface area contributed by atoms with Crippen molar-refractivity contribution in [3.8, 4) is 5.75 Å². The number of fused-ring (bicyclic) bond motifs is 4. The van der Waals surface area contributed by atoms with E-state index in [-0.39, 0.29) is 24.5 Å². The second kappa shape index (κ2) is 10.6. The van der Waals surface area contributed by atoms with Crippen LogP contribution in [-0.4, -0.2) is 89.9 Å². The molecule has 1 aromatic rings. The van der Waals surface area contributed by atoms with E-state index in [9.17, 15) is 14.7 Å². The zero-order chi connectivity index (χ0) is 23.5. The lowest BCUT2D eigenvalue weighted by Gasteiger charge is -2.45. The molecule has 1 saturated carbocycles. The average Bonchev–Trinajstić information content (AvgIpc) is 2.88. The van der Waals surface area contributed by atoms with Crippen LogP contribution in [0.2, 0.25) is 0 Å². The molecule has 2 saturated heterocycles. The lowest BCUT2D eigenvalue weighted by atomic mass is 9.93. The summed E-state index contributed by atoms with van der Waals surface area (Å²) in [7, 11) is 0. The average molecular weight is 472 g/mol. The third-order valence-corrected chi connectivity index (χ3v) is 7.94. The number of para-hydroxylation sites is 1. The molecule has 2 amide bonds. The predicted molar refractivity (Wildman–Crippen MR) is 127 cm³/mol. The Morgan fingerprint density at radius 3 is 2.65 bits per heavy atom. The standard InChI is InChI=1S/C26H37N3O5/c30-22-11-10-19-12-15-33-23-9-5-4-8-20(23)26(32)29-14-13-28(18-6-2-1-3-7-18)17-21(29)25(31)27-16-24(22)34-19/h4-5,8-9,18-19,21-22,24,30H,1-3,6-7,10-17H2,(H,27,31)/t19-,21-,22-,24+/m0/s1. The number of carbonyl (C=O) groups excluding carboxylic acids is 2. The smallest absolute Gasteiger partial charge is 0.258 e. The first-order chi connectivity index (χ1) is 16.6. The molecule has 8 nitrogen and oxygen atoms in total. The summed E-state index contributed by atoms with van der Waals surface area (Å²) in [6.07, 6.45) is 7.02. The second-order valence-corrected chi connectivity index (χ2v) is 10.1. The lowest BCUT2D eigenvalue weighted by molar-refractivity contribution is -0.135. The van der Waals surface area contributed by atoms with E-state index in [0.29, 0.717) is 49.9 Å². The number of nitrogens with zero attached hydrogens (tertiary/aromatic N) is 2. The van der Waals surface area contributed by atoms with Crippen LogP contribution >= 0.6 is 0 Å². The van der Waals surface area contributed by atoms with Gasteiger partial charge < -0.3 is 24.8 Å². The molecule has 0 radical (unpaired) electrons. The van der Waals surface area contributed by atoms with Crippen LogP contribution in [0.1, 0.15) is 61.7 Å². The van der Waals surface area contributed by atoms with E-state index in [1.165, 1.54) is 19.3 Å². The first-order valence-electron chi connectivity index (χ1n) is 13.0. The molecule has 1 aliphatic carbocycles. The van der Waals surface area contributed by atoms with Gasteiger partial charge in [0.15, 0.2) is 0 Å². The normalized spacial score (nSPS) is 32.1. The van der Waals surface area contributed by atoms with Crippen LogP contribution in [0, 0.1) is 0 Å². The molecule has 0 spiro atoms. The first kappa shape index (κ1) is 23.6. The Bertz CT molecular complexity index is 874. The SMILES string of the molecule is O=C1NC[C@H]2O[C@H](CCOc3ccccc3C(=O)N3CCN(C4CCCCC4)C[C@@H]13)CC[C@@H]2O. The molecule has 4 aliphatic rings. The summed E-state index contributed by atoms with van der Waals surface area (Å²) in [5, 5.41) is 13.5. The number of nitrogens with one attached hydrogen (secondary N) is 1. The molecule has 2 bridgehead atoms. The van der Waals surface area contributed by atoms with Crippen LogP contribution in [-0.2, 0) is 9.53 Å². The van der Waals surface area contributed by atoms with Crippen molar-refractivity contribution < 1.29 is 24.2 Å². The first-order valence-corrected chi connectivity index (χ1v) is 13.0. The van der Waals surface area contributed by atoms with E-state index in [4.69, 9.17) is 9.47 Å². The Labute approximate surface area is 201 Å². The fraction of sp³-hybridized carbons (Fsp3) is 0.692. The van der Waals surface area contributed by atoms with Gasteiger partial charge in [0, 0.05) is 38.6 Å². The third kappa shape index (κ3) is 5.09. The Morgan fingerprint density at radius 1 is 0.971 bits per heavy atom. The quantitative estimate of drug-likeness (QED) is 0.651. The van der Waals surface area contributed by atoms with Crippen LogP contribution in [0.3, 0.4) is 0 Å². The minimum atomic E-state index is -0.603. The van der Waals surface area contributed by atoms with Gasteiger partial charge in [0.25, 0.3) is 5.91 Å². The van der Waals surface area contributed by atoms with Gasteiger partial charge in [0.1, 0.15) is 17.9 Å². The van der Waals surface area contributed by atoms with Gasteiger partial charge in [0.2, 0.25) is 5.91 Å². The molecule has 5 rings (SSSR count). The van der Waals surface area contributed by atoms with Gasteiger partial charge in [-0.15, -0.1) is 0 Å². The molecule has 0 unspecified atom stereocenters. The Morgan fingerprint density at radius 2 is 1.79 bits per heavy atom. The number of piperazine rings is 1. The van der Waals surface area contributed by atoms with Crippen LogP contribution < -0.4 is 10.1 Å². The van der Waals surface area contributed by atoms with E-state index in [2.05, 4.69) is 10.2 Å². The zero-order valence-corrected chi connectivity index (χ0v) is 19.9. The summed E-state index contributed by atoms with van der Waals surface area (Å²) in [6, 6.07) is 7.20. The third-order valence-electron chi connectivity index (χ3n) is 7.94. The van der Waals surface area contributed by atoms with Crippen molar-refractivity contribution in [3.05, 3.63) is 29.8 Å². The summed E-state index contributed by atoms with van der Waals surface area (Å²) >= 11 is 0. The molecule has 3 heterocycles. The number of carbonyl (C=O) groups is 2. The monoisotopic (exact) mass is 471 g/mol. The second-order valence-electron chi connectivity index (χ2n) is 10.1. The maximum Gasteiger partial charge on any atom is 0.258 e. The van der Waals surface area contributed by atoms with Gasteiger partial charge in [-0.2, -0.15) is 0 Å². The molecule has 3 aliphatic heterocycles. The molecule has 0 aromatic heterocycles. The summed E-state index contributed by atoms with van der Waals surface area (Å²) in [5.74, 6) is 0.209. The Balaban J connectivity index is 1.42. The maximum absolute atomic E-state index is 13.7. The highest BCUT2D eigenvalue weighted by molar-refractivity contribution is 6.00. The summed E-state index contributed by atoms with van der Waals surface area (Å²) < 4.78 is 12.2. The number of ether oxygens (including phenoxy) is 2. The van der Waals surface area contributed by atoms with Crippen molar-refractivity contribution in [1.82, 2.24) is 15.1 Å². The highest BCUT2D eigenvalue weighted by Crippen LogP contribution is 2.28. The molecule has 8 heteroatoms. The number of hydrogen-bond donors (Lipinski definition) is 2. The van der Waals surface area contributed by atoms with E-state index in [1.54, 1.807) is 11.0 Å². The molecular formula is C26H37N3O5. The van der Waals surface area contributed by atoms with Crippen LogP contribution in [0.25, 0.3) is 0 Å². The highest BCUT2D eigenvalue weighted by atomic mass is 16.5. The fourth-order valence-corrected chi connectivity index (χ4v) is 5.94. The van der Waals surface area contributed by atoms with E-state index < -0.39 is 18.2 Å². The molecule has 186 valence electrons. The van der Waals surface area contributed by atoms with E-state index >= 15 is 0 Å². The van der Waals surface area contributed by atoms with Crippen molar-refractivity contribution in [2.45, 2.75) is 81.8 Å². The van der Waals surface area contributed by atoms with Crippen molar-refractivity contribution in [1.29, 1.82) is 0 Å². The number of aliphatic hydroxyl groups is 1. The summed E-state index contributed by atoms with van der Waals surface area (Å²) in [4.78, 5) is 31.3. The number of hydrogen-bond acceptors (Lipinski definition) is 6. The molecule has 2 N–H and O–H groups in total. The number of amides is 2. The van der Waals surface area contributed by atoms with Gasteiger partial charge >= 0.3 is 0 Å². The summed E-state index contributed by atoms with van der Waals surface area (Å²) in [6.45, 7) is 2.49. The molecule has 4 atom stereocenters.